The Kier molecular flexibility index (Phi) is 16.8. The fourth-order valence-electron chi connectivity index (χ4n) is 4.94. The van der Waals surface area contributed by atoms with Crippen LogP contribution in [0.3, 0.4) is 0 Å². The third kappa shape index (κ3) is 9.17. The molecule has 0 bridgehead atoms. The summed E-state index contributed by atoms with van der Waals surface area (Å²) in [7, 11) is 2.87. The fraction of sp³-hybridized carbons (Fsp3) is 0.429. The predicted octanol–water partition coefficient (Wildman–Crippen LogP) is 6.62. The number of aromatic hydroxyl groups is 1. The summed E-state index contributed by atoms with van der Waals surface area (Å²) in [5.74, 6) is 1.62. The van der Waals surface area contributed by atoms with E-state index in [1.807, 2.05) is 12.1 Å². The average Bonchev–Trinajstić information content (AvgIpc) is 2.98. The molecule has 0 saturated carbocycles. The van der Waals surface area contributed by atoms with Crippen molar-refractivity contribution in [3.05, 3.63) is 42.0 Å². The van der Waals surface area contributed by atoms with Gasteiger partial charge in [0.1, 0.15) is 0 Å². The van der Waals surface area contributed by atoms with Crippen molar-refractivity contribution in [1.82, 2.24) is 39.6 Å². The van der Waals surface area contributed by atoms with Crippen LogP contribution in [0.25, 0.3) is 0 Å². The summed E-state index contributed by atoms with van der Waals surface area (Å²) >= 11 is 0. The highest BCUT2D eigenvalue weighted by Gasteiger charge is 2.21. The lowest BCUT2D eigenvalue weighted by molar-refractivity contribution is 0.102. The number of phenols is 1. The standard InChI is InChI=1S/C28H35N7O4.ClH.4H3N.4H2/c1-38-22-14-13-21(23(36)24(22)39-2)25(37)29-19-9-11-20(12-10-19)30-26-31-27(34-15-5-3-6-16-34)33-28(32-26)35-17-7-4-8-18-35;;;;;;;;;/h9-14,36H,3-8,15-18H2,1-2H3,(H,29,37)(H,30,31,32,33);1H;4*1H3;4*1H. The van der Waals surface area contributed by atoms with Gasteiger partial charge in [0, 0.05) is 43.3 Å². The monoisotopic (exact) mass is 645 g/mol. The Morgan fingerprint density at radius 2 is 1.25 bits per heavy atom. The second-order valence-electron chi connectivity index (χ2n) is 9.71. The molecule has 5 rings (SSSR count). The molecule has 0 unspecified atom stereocenters. The van der Waals surface area contributed by atoms with E-state index in [-0.39, 0.29) is 59.8 Å². The van der Waals surface area contributed by atoms with Crippen molar-refractivity contribution in [3.63, 3.8) is 0 Å². The first-order valence-corrected chi connectivity index (χ1v) is 13.4. The van der Waals surface area contributed by atoms with Crippen LogP contribution in [0.15, 0.2) is 36.4 Å². The van der Waals surface area contributed by atoms with Gasteiger partial charge in [-0.1, -0.05) is 0 Å². The van der Waals surface area contributed by atoms with Gasteiger partial charge in [-0.25, -0.2) is 0 Å². The number of hydrogen-bond donors (Lipinski definition) is 7. The lowest BCUT2D eigenvalue weighted by Gasteiger charge is -2.30. The van der Waals surface area contributed by atoms with Crippen LogP contribution in [0.2, 0.25) is 0 Å². The second-order valence-corrected chi connectivity index (χ2v) is 9.71. The lowest BCUT2D eigenvalue weighted by atomic mass is 10.1. The van der Waals surface area contributed by atoms with Gasteiger partial charge in [-0.15, -0.1) is 12.4 Å². The summed E-state index contributed by atoms with van der Waals surface area (Å²) in [6.07, 6.45) is 7.04. The number of aromatic nitrogens is 3. The van der Waals surface area contributed by atoms with Gasteiger partial charge in [-0.2, -0.15) is 15.0 Å². The molecule has 1 amide bonds. The van der Waals surface area contributed by atoms with Gasteiger partial charge in [0.15, 0.2) is 11.5 Å². The fourth-order valence-corrected chi connectivity index (χ4v) is 4.94. The zero-order valence-electron chi connectivity index (χ0n) is 25.7. The van der Waals surface area contributed by atoms with E-state index in [4.69, 9.17) is 24.4 Å². The van der Waals surface area contributed by atoms with E-state index < -0.39 is 5.91 Å². The zero-order chi connectivity index (χ0) is 27.2. The summed E-state index contributed by atoms with van der Waals surface area (Å²) < 4.78 is 10.4. The smallest absolute Gasteiger partial charge is 0.259 e. The third-order valence-electron chi connectivity index (χ3n) is 7.05. The van der Waals surface area contributed by atoms with Gasteiger partial charge in [-0.3, -0.25) is 4.79 Å². The molecule has 1 aromatic heterocycles. The third-order valence-corrected chi connectivity index (χ3v) is 7.05. The first-order valence-electron chi connectivity index (χ1n) is 13.4. The number of nitrogens with zero attached hydrogens (tertiary/aromatic N) is 5. The molecule has 2 aliphatic rings. The number of halogens is 1. The molecule has 2 aliphatic heterocycles. The van der Waals surface area contributed by atoms with Crippen molar-refractivity contribution in [2.45, 2.75) is 38.5 Å². The maximum absolute atomic E-state index is 12.8. The highest BCUT2D eigenvalue weighted by molar-refractivity contribution is 6.07. The van der Waals surface area contributed by atoms with Crippen molar-refractivity contribution < 1.29 is 25.1 Å². The number of carbonyl (C=O) groups excluding carboxylic acids is 1. The molecule has 3 heterocycles. The number of rotatable bonds is 8. The van der Waals surface area contributed by atoms with Crippen molar-refractivity contribution in [1.29, 1.82) is 0 Å². The van der Waals surface area contributed by atoms with Crippen molar-refractivity contribution in [2.24, 2.45) is 0 Å². The topological polar surface area (TPSA) is 265 Å². The number of anilines is 5. The molecule has 0 atom stereocenters. The van der Waals surface area contributed by atoms with Gasteiger partial charge in [0.05, 0.1) is 19.8 Å². The van der Waals surface area contributed by atoms with Gasteiger partial charge in [-0.05, 0) is 74.9 Å². The summed E-state index contributed by atoms with van der Waals surface area (Å²) in [6, 6.07) is 10.3. The van der Waals surface area contributed by atoms with Gasteiger partial charge in [0.25, 0.3) is 5.91 Å². The van der Waals surface area contributed by atoms with Crippen LogP contribution in [0.4, 0.5) is 29.2 Å². The van der Waals surface area contributed by atoms with E-state index in [1.54, 1.807) is 18.2 Å². The second kappa shape index (κ2) is 18.5. The molecule has 2 fully saturated rings. The number of benzene rings is 2. The molecule has 0 radical (unpaired) electrons. The van der Waals surface area contributed by atoms with Crippen LogP contribution in [0, 0.1) is 0 Å². The van der Waals surface area contributed by atoms with E-state index in [2.05, 4.69) is 20.4 Å². The van der Waals surface area contributed by atoms with Crippen LogP contribution in [-0.4, -0.2) is 66.4 Å². The molecule has 44 heavy (non-hydrogen) atoms. The SMILES string of the molecule is COc1ccc(C(=O)Nc2ccc(Nc3nc(N4CCCCC4)nc(N4CCCCC4)n3)cc2)c(O)c1OC.Cl.N.N.N.N.[HH].[HH].[HH].[HH]. The van der Waals surface area contributed by atoms with Crippen LogP contribution < -0.4 is 54.5 Å². The largest absolute Gasteiger partial charge is 0.504 e. The predicted molar refractivity (Wildman–Crippen MR) is 187 cm³/mol. The van der Waals surface area contributed by atoms with Crippen molar-refractivity contribution in [3.8, 4) is 17.2 Å². The number of phenolic OH excluding ortho intramolecular Hbond substituents is 1. The Hall–Kier alpha value is -4.15. The molecule has 0 aliphatic carbocycles. The van der Waals surface area contributed by atoms with E-state index >= 15 is 0 Å². The Morgan fingerprint density at radius 1 is 0.750 bits per heavy atom. The highest BCUT2D eigenvalue weighted by atomic mass is 35.5. The van der Waals surface area contributed by atoms with Crippen molar-refractivity contribution in [2.75, 3.05) is 60.8 Å². The van der Waals surface area contributed by atoms with E-state index in [9.17, 15) is 9.90 Å². The van der Waals surface area contributed by atoms with E-state index in [0.29, 0.717) is 29.3 Å². The minimum atomic E-state index is -0.469. The Labute approximate surface area is 270 Å². The first kappa shape index (κ1) is 39.8. The number of nitrogens with one attached hydrogen (secondary N) is 2. The molecule has 15 N–H and O–H groups in total. The van der Waals surface area contributed by atoms with E-state index in [1.165, 1.54) is 33.1 Å². The summed E-state index contributed by atoms with van der Waals surface area (Å²) in [5.41, 5.74) is 1.43. The summed E-state index contributed by atoms with van der Waals surface area (Å²) in [6.45, 7) is 3.81. The number of carbonyl (C=O) groups is 1. The van der Waals surface area contributed by atoms with Gasteiger partial charge >= 0.3 is 0 Å². The quantitative estimate of drug-likeness (QED) is 0.135. The molecular formula is C28H56ClN11O4. The van der Waals surface area contributed by atoms with Gasteiger partial charge in [0.2, 0.25) is 23.6 Å². The van der Waals surface area contributed by atoms with Crippen LogP contribution in [0.5, 0.6) is 17.2 Å². The molecular weight excluding hydrogens is 590 g/mol. The van der Waals surface area contributed by atoms with E-state index in [0.717, 1.165) is 57.5 Å². The number of amides is 1. The first-order chi connectivity index (χ1) is 19.1. The molecule has 16 heteroatoms. The van der Waals surface area contributed by atoms with Gasteiger partial charge < -0.3 is 59.6 Å². The normalized spacial score (nSPS) is 13.8. The maximum atomic E-state index is 12.8. The van der Waals surface area contributed by atoms with Crippen LogP contribution in [0.1, 0.15) is 54.6 Å². The van der Waals surface area contributed by atoms with Crippen molar-refractivity contribution >= 4 is 47.5 Å². The Bertz CT molecular complexity index is 1290. The van der Waals surface area contributed by atoms with Crippen LogP contribution in [-0.2, 0) is 0 Å². The average molecular weight is 646 g/mol. The summed E-state index contributed by atoms with van der Waals surface area (Å²) in [5, 5.41) is 16.6. The zero-order valence-corrected chi connectivity index (χ0v) is 26.5. The number of piperidine rings is 2. The lowest BCUT2D eigenvalue weighted by Crippen LogP contribution is -2.34. The number of hydrogen-bond acceptors (Lipinski definition) is 14. The summed E-state index contributed by atoms with van der Waals surface area (Å²) in [4.78, 5) is 31.6. The molecule has 15 nitrogen and oxygen atoms in total. The number of ether oxygens (including phenoxy) is 2. The molecule has 254 valence electrons. The Balaban J connectivity index is -0.000000685. The maximum Gasteiger partial charge on any atom is 0.259 e. The minimum Gasteiger partial charge on any atom is -0.504 e. The number of methoxy groups -OCH3 is 2. The molecule has 2 saturated heterocycles. The molecule has 0 spiro atoms. The molecule has 2 aromatic carbocycles. The molecule has 3 aromatic rings. The minimum absolute atomic E-state index is 0. The van der Waals surface area contributed by atoms with Crippen LogP contribution >= 0.6 is 12.4 Å². The highest BCUT2D eigenvalue weighted by Crippen LogP contribution is 2.39. The Morgan fingerprint density at radius 3 is 1.73 bits per heavy atom.